The number of ether oxygens (including phenoxy) is 1. The standard InChI is InChI=1S/C29H36NO5P.2C5H11N/c1-6-28(23-9-7-22(8-10-23)21(2)3)29(25-13-17-27(18-14-25)35-36(31,32)33)24-11-15-26(16-12-24)34-20-19-30(4)5;2*1-2-4-6-5-3-1/h7-18,21H,6,19-20H2,1-5H3,(H2,31,32,33);2*6H,1-5H2/b29-28-;;. The number of phosphoric ester groups is 1. The number of allylic oxidation sites excluding steroid dienone is 1. The summed E-state index contributed by atoms with van der Waals surface area (Å²) in [6.45, 7) is 12.9. The lowest BCUT2D eigenvalue weighted by atomic mass is 9.87. The average molecular weight is 680 g/mol. The van der Waals surface area contributed by atoms with Gasteiger partial charge in [-0.1, -0.05) is 82.1 Å². The Balaban J connectivity index is 0.000000432. The number of phosphoric acid groups is 1. The topological polar surface area (TPSA) is 103 Å². The lowest BCUT2D eigenvalue weighted by Gasteiger charge is -2.18. The Labute approximate surface area is 289 Å². The second-order valence-corrected chi connectivity index (χ2v) is 14.1. The van der Waals surface area contributed by atoms with Crippen LogP contribution < -0.4 is 19.9 Å². The van der Waals surface area contributed by atoms with E-state index in [4.69, 9.17) is 19.0 Å². The maximum Gasteiger partial charge on any atom is 0.524 e. The lowest BCUT2D eigenvalue weighted by Crippen LogP contribution is -2.21. The molecule has 0 spiro atoms. The summed E-state index contributed by atoms with van der Waals surface area (Å²) < 4.78 is 21.9. The summed E-state index contributed by atoms with van der Waals surface area (Å²) in [4.78, 5) is 20.4. The molecule has 0 radical (unpaired) electrons. The zero-order chi connectivity index (χ0) is 34.8. The van der Waals surface area contributed by atoms with Gasteiger partial charge in [0.2, 0.25) is 0 Å². The van der Waals surface area contributed by atoms with Crippen molar-refractivity contribution in [3.63, 3.8) is 0 Å². The molecule has 8 nitrogen and oxygen atoms in total. The van der Waals surface area contributed by atoms with Crippen LogP contribution in [0.3, 0.4) is 0 Å². The van der Waals surface area contributed by atoms with Gasteiger partial charge in [0.15, 0.2) is 0 Å². The van der Waals surface area contributed by atoms with Crippen molar-refractivity contribution in [2.24, 2.45) is 0 Å². The molecule has 2 saturated heterocycles. The summed E-state index contributed by atoms with van der Waals surface area (Å²) in [6.07, 6.45) is 9.23. The van der Waals surface area contributed by atoms with Crippen molar-refractivity contribution in [2.75, 3.05) is 53.4 Å². The molecule has 2 aliphatic rings. The fourth-order valence-corrected chi connectivity index (χ4v) is 5.99. The zero-order valence-electron chi connectivity index (χ0n) is 29.7. The van der Waals surface area contributed by atoms with E-state index in [1.807, 2.05) is 38.4 Å². The van der Waals surface area contributed by atoms with Crippen molar-refractivity contribution in [1.82, 2.24) is 15.5 Å². The van der Waals surface area contributed by atoms with E-state index in [2.05, 4.69) is 72.7 Å². The summed E-state index contributed by atoms with van der Waals surface area (Å²) in [5.41, 5.74) is 6.61. The summed E-state index contributed by atoms with van der Waals surface area (Å²) in [6, 6.07) is 23.6. The van der Waals surface area contributed by atoms with E-state index < -0.39 is 7.82 Å². The first-order valence-electron chi connectivity index (χ1n) is 17.6. The van der Waals surface area contributed by atoms with Crippen LogP contribution in [0, 0.1) is 0 Å². The van der Waals surface area contributed by atoms with E-state index in [1.54, 1.807) is 12.1 Å². The summed E-state index contributed by atoms with van der Waals surface area (Å²) >= 11 is 0. The van der Waals surface area contributed by atoms with Gasteiger partial charge < -0.3 is 24.8 Å². The normalized spacial score (nSPS) is 15.4. The maximum absolute atomic E-state index is 11.2. The number of rotatable bonds is 11. The van der Waals surface area contributed by atoms with Crippen LogP contribution in [0.15, 0.2) is 72.8 Å². The smallest absolute Gasteiger partial charge is 0.492 e. The minimum atomic E-state index is -4.62. The third-order valence-corrected chi connectivity index (χ3v) is 8.76. The Hall–Kier alpha value is -2.97. The molecule has 264 valence electrons. The highest BCUT2D eigenvalue weighted by Crippen LogP contribution is 2.40. The molecule has 5 rings (SSSR count). The minimum absolute atomic E-state index is 0.121. The molecule has 9 heteroatoms. The SMILES string of the molecule is C1CCNCC1.C1CCNCC1.CC/C(=C(\c1ccc(OCCN(C)C)cc1)c1ccc(OP(=O)(O)O)cc1)c1ccc(C(C)C)cc1. The first kappa shape index (κ1) is 39.5. The molecule has 0 saturated carbocycles. The average Bonchev–Trinajstić information content (AvgIpc) is 3.09. The molecular formula is C39H58N3O5P. The summed E-state index contributed by atoms with van der Waals surface area (Å²) in [7, 11) is -0.593. The molecule has 2 aliphatic heterocycles. The Morgan fingerprint density at radius 2 is 1.19 bits per heavy atom. The van der Waals surface area contributed by atoms with E-state index in [0.717, 1.165) is 41.0 Å². The first-order chi connectivity index (χ1) is 23.1. The highest BCUT2D eigenvalue weighted by Gasteiger charge is 2.18. The molecular weight excluding hydrogens is 621 g/mol. The Morgan fingerprint density at radius 1 is 0.729 bits per heavy atom. The number of nitrogens with one attached hydrogen (secondary N) is 2. The van der Waals surface area contributed by atoms with Crippen molar-refractivity contribution in [2.45, 2.75) is 71.6 Å². The first-order valence-corrected chi connectivity index (χ1v) is 19.1. The van der Waals surface area contributed by atoms with E-state index in [1.165, 1.54) is 75.8 Å². The lowest BCUT2D eigenvalue weighted by molar-refractivity contribution is 0.261. The van der Waals surface area contributed by atoms with Crippen molar-refractivity contribution >= 4 is 19.0 Å². The summed E-state index contributed by atoms with van der Waals surface area (Å²) in [5.74, 6) is 1.38. The molecule has 2 heterocycles. The van der Waals surface area contributed by atoms with Gasteiger partial charge in [0.05, 0.1) is 0 Å². The maximum atomic E-state index is 11.2. The van der Waals surface area contributed by atoms with Gasteiger partial charge in [0.25, 0.3) is 0 Å². The number of piperidine rings is 2. The number of benzene rings is 3. The van der Waals surface area contributed by atoms with Crippen LogP contribution in [-0.2, 0) is 4.57 Å². The molecule has 2 fully saturated rings. The highest BCUT2D eigenvalue weighted by atomic mass is 31.2. The molecule has 3 aromatic carbocycles. The second kappa shape index (κ2) is 21.2. The van der Waals surface area contributed by atoms with Crippen LogP contribution in [0.2, 0.25) is 0 Å². The molecule has 3 aromatic rings. The van der Waals surface area contributed by atoms with Crippen LogP contribution >= 0.6 is 7.82 Å². The number of hydrogen-bond donors (Lipinski definition) is 4. The van der Waals surface area contributed by atoms with Crippen LogP contribution in [-0.4, -0.2) is 68.1 Å². The molecule has 48 heavy (non-hydrogen) atoms. The molecule has 0 aromatic heterocycles. The van der Waals surface area contributed by atoms with Gasteiger partial charge in [-0.2, -0.15) is 0 Å². The number of hydrogen-bond acceptors (Lipinski definition) is 6. The molecule has 0 unspecified atom stereocenters. The molecule has 0 aliphatic carbocycles. The van der Waals surface area contributed by atoms with Crippen LogP contribution in [0.4, 0.5) is 0 Å². The Kier molecular flexibility index (Phi) is 17.4. The molecule has 0 atom stereocenters. The van der Waals surface area contributed by atoms with Crippen molar-refractivity contribution < 1.29 is 23.6 Å². The van der Waals surface area contributed by atoms with Gasteiger partial charge in [-0.05, 0) is 136 Å². The number of likely N-dealkylation sites (N-methyl/N-ethyl adjacent to an activating group) is 1. The van der Waals surface area contributed by atoms with E-state index >= 15 is 0 Å². The van der Waals surface area contributed by atoms with Crippen LogP contribution in [0.1, 0.15) is 93.9 Å². The Bertz CT molecular complexity index is 1360. The van der Waals surface area contributed by atoms with E-state index in [0.29, 0.717) is 12.5 Å². The molecule has 0 bridgehead atoms. The Morgan fingerprint density at radius 3 is 1.54 bits per heavy atom. The van der Waals surface area contributed by atoms with E-state index in [-0.39, 0.29) is 5.75 Å². The zero-order valence-corrected chi connectivity index (χ0v) is 30.6. The second-order valence-electron chi connectivity index (χ2n) is 12.9. The molecule has 0 amide bonds. The highest BCUT2D eigenvalue weighted by molar-refractivity contribution is 7.46. The predicted molar refractivity (Wildman–Crippen MR) is 200 cm³/mol. The van der Waals surface area contributed by atoms with Crippen LogP contribution in [0.25, 0.3) is 11.1 Å². The van der Waals surface area contributed by atoms with Gasteiger partial charge in [0.1, 0.15) is 18.1 Å². The quantitative estimate of drug-likeness (QED) is 0.119. The molecule has 4 N–H and O–H groups in total. The van der Waals surface area contributed by atoms with Gasteiger partial charge in [-0.3, -0.25) is 9.79 Å². The third kappa shape index (κ3) is 14.7. The van der Waals surface area contributed by atoms with Gasteiger partial charge in [-0.25, -0.2) is 4.57 Å². The van der Waals surface area contributed by atoms with Crippen LogP contribution in [0.5, 0.6) is 11.5 Å². The largest absolute Gasteiger partial charge is 0.524 e. The third-order valence-electron chi connectivity index (χ3n) is 8.31. The summed E-state index contributed by atoms with van der Waals surface area (Å²) in [5, 5.41) is 6.57. The van der Waals surface area contributed by atoms with Crippen molar-refractivity contribution in [3.8, 4) is 11.5 Å². The fourth-order valence-electron chi connectivity index (χ4n) is 5.60. The van der Waals surface area contributed by atoms with Crippen molar-refractivity contribution in [1.29, 1.82) is 0 Å². The fraction of sp³-hybridized carbons (Fsp3) is 0.487. The van der Waals surface area contributed by atoms with E-state index in [9.17, 15) is 4.57 Å². The van der Waals surface area contributed by atoms with Gasteiger partial charge in [0, 0.05) is 6.54 Å². The minimum Gasteiger partial charge on any atom is -0.492 e. The predicted octanol–water partition coefficient (Wildman–Crippen LogP) is 8.11. The monoisotopic (exact) mass is 679 g/mol. The van der Waals surface area contributed by atoms with Gasteiger partial charge >= 0.3 is 7.82 Å². The van der Waals surface area contributed by atoms with Gasteiger partial charge in [-0.15, -0.1) is 0 Å². The number of nitrogens with zero attached hydrogens (tertiary/aromatic N) is 1. The van der Waals surface area contributed by atoms with Crippen molar-refractivity contribution in [3.05, 3.63) is 95.1 Å².